The molecule has 0 aliphatic rings. The molecule has 0 aliphatic carbocycles. The van der Waals surface area contributed by atoms with Crippen molar-refractivity contribution in [1.29, 1.82) is 0 Å². The third-order valence-electron chi connectivity index (χ3n) is 7.59. The monoisotopic (exact) mass is 690 g/mol. The number of carbonyl (C=O) groups excluding carboxylic acids is 3. The molecule has 0 radical (unpaired) electrons. The topological polar surface area (TPSA) is 109 Å². The van der Waals surface area contributed by atoms with Crippen LogP contribution in [0.25, 0.3) is 6.08 Å². The zero-order chi connectivity index (χ0) is 35.3. The van der Waals surface area contributed by atoms with E-state index in [-0.39, 0.29) is 11.6 Å². The quantitative estimate of drug-likeness (QED) is 0.0828. The van der Waals surface area contributed by atoms with Crippen LogP contribution >= 0.6 is 11.8 Å². The largest absolute Gasteiger partial charge is 0.489 e. The summed E-state index contributed by atoms with van der Waals surface area (Å²) in [5.41, 5.74) is 3.59. The molecule has 252 valence electrons. The smallest absolute Gasteiger partial charge is 0.272 e. The van der Waals surface area contributed by atoms with Gasteiger partial charge in [0, 0.05) is 22.3 Å². The summed E-state index contributed by atoms with van der Waals surface area (Å²) in [5.74, 6) is 0.0279. The van der Waals surface area contributed by atoms with Gasteiger partial charge < -0.3 is 20.7 Å². The fraction of sp³-hybridized carbons (Fsp3) is 0.0476. The first-order valence-electron chi connectivity index (χ1n) is 16.2. The van der Waals surface area contributed by atoms with E-state index in [1.807, 2.05) is 109 Å². The lowest BCUT2D eigenvalue weighted by Gasteiger charge is -2.17. The maximum atomic E-state index is 13.6. The van der Waals surface area contributed by atoms with Gasteiger partial charge in [0.15, 0.2) is 0 Å². The van der Waals surface area contributed by atoms with Gasteiger partial charge in [0.1, 0.15) is 29.1 Å². The van der Waals surface area contributed by atoms with Gasteiger partial charge in [-0.15, -0.1) is 11.8 Å². The number of nitrogens with one attached hydrogen (secondary N) is 3. The van der Waals surface area contributed by atoms with E-state index in [1.54, 1.807) is 60.8 Å². The maximum Gasteiger partial charge on any atom is 0.272 e. The second kappa shape index (κ2) is 17.3. The van der Waals surface area contributed by atoms with Gasteiger partial charge in [0.2, 0.25) is 5.91 Å². The molecule has 3 N–H and O–H groups in total. The lowest BCUT2D eigenvalue weighted by atomic mass is 10.1. The zero-order valence-electron chi connectivity index (χ0n) is 27.4. The van der Waals surface area contributed by atoms with E-state index < -0.39 is 17.1 Å². The summed E-state index contributed by atoms with van der Waals surface area (Å²) >= 11 is 1.38. The number of carbonyl (C=O) groups is 3. The number of rotatable bonds is 13. The Morgan fingerprint density at radius 1 is 0.686 bits per heavy atom. The number of hydrogen-bond acceptors (Lipinski definition) is 6. The van der Waals surface area contributed by atoms with E-state index in [0.29, 0.717) is 35.0 Å². The molecule has 6 rings (SSSR count). The number of thioether (sulfide) groups is 1. The third-order valence-corrected chi connectivity index (χ3v) is 8.86. The molecule has 0 aliphatic heterocycles. The van der Waals surface area contributed by atoms with Gasteiger partial charge in [0.05, 0.1) is 0 Å². The third kappa shape index (κ3) is 10.0. The lowest BCUT2D eigenvalue weighted by Crippen LogP contribution is -2.30. The number of nitrogens with zero attached hydrogens (tertiary/aromatic N) is 1. The van der Waals surface area contributed by atoms with E-state index >= 15 is 0 Å². The molecule has 0 saturated heterocycles. The molecule has 3 amide bonds. The SMILES string of the molecule is O=C(Nc1ccc(SC(C(=O)Nc2ccccn2)c2ccccc2)cc1)/C(=C/c1ccc(OCc2ccccc2)cc1)NC(=O)c1ccccc1. The van der Waals surface area contributed by atoms with E-state index in [9.17, 15) is 14.4 Å². The first-order valence-corrected chi connectivity index (χ1v) is 17.1. The van der Waals surface area contributed by atoms with Crippen molar-refractivity contribution in [2.24, 2.45) is 0 Å². The van der Waals surface area contributed by atoms with Gasteiger partial charge in [-0.25, -0.2) is 4.98 Å². The van der Waals surface area contributed by atoms with Crippen LogP contribution in [0.1, 0.15) is 32.3 Å². The van der Waals surface area contributed by atoms with E-state index in [4.69, 9.17) is 4.74 Å². The predicted octanol–water partition coefficient (Wildman–Crippen LogP) is 8.54. The molecule has 5 aromatic carbocycles. The Kier molecular flexibility index (Phi) is 11.7. The van der Waals surface area contributed by atoms with Crippen LogP contribution in [0.5, 0.6) is 5.75 Å². The number of anilines is 2. The molecular formula is C42H34N4O4S. The molecule has 1 heterocycles. The lowest BCUT2D eigenvalue weighted by molar-refractivity contribution is -0.116. The summed E-state index contributed by atoms with van der Waals surface area (Å²) in [7, 11) is 0. The van der Waals surface area contributed by atoms with Crippen molar-refractivity contribution >= 4 is 47.1 Å². The number of benzene rings is 5. The van der Waals surface area contributed by atoms with Crippen molar-refractivity contribution in [1.82, 2.24) is 10.3 Å². The van der Waals surface area contributed by atoms with Crippen LogP contribution in [0.3, 0.4) is 0 Å². The van der Waals surface area contributed by atoms with Crippen LogP contribution in [-0.2, 0) is 16.2 Å². The first kappa shape index (κ1) is 34.4. The summed E-state index contributed by atoms with van der Waals surface area (Å²) in [4.78, 5) is 45.2. The fourth-order valence-electron chi connectivity index (χ4n) is 4.99. The molecule has 9 heteroatoms. The van der Waals surface area contributed by atoms with Crippen molar-refractivity contribution in [2.75, 3.05) is 10.6 Å². The summed E-state index contributed by atoms with van der Waals surface area (Å²) in [6.07, 6.45) is 3.24. The number of pyridine rings is 1. The van der Waals surface area contributed by atoms with E-state index in [1.165, 1.54) is 11.8 Å². The number of amides is 3. The highest BCUT2D eigenvalue weighted by Crippen LogP contribution is 2.36. The zero-order valence-corrected chi connectivity index (χ0v) is 28.3. The molecule has 0 fully saturated rings. The molecule has 0 spiro atoms. The van der Waals surface area contributed by atoms with Crippen LogP contribution in [0, 0.1) is 0 Å². The molecule has 6 aromatic rings. The van der Waals surface area contributed by atoms with Gasteiger partial charge in [0.25, 0.3) is 11.8 Å². The van der Waals surface area contributed by atoms with Gasteiger partial charge >= 0.3 is 0 Å². The normalized spacial score (nSPS) is 11.6. The van der Waals surface area contributed by atoms with Crippen molar-refractivity contribution < 1.29 is 19.1 Å². The Morgan fingerprint density at radius 3 is 2.00 bits per heavy atom. The van der Waals surface area contributed by atoms with Crippen molar-refractivity contribution in [3.05, 3.63) is 192 Å². The average Bonchev–Trinajstić information content (AvgIpc) is 3.18. The highest BCUT2D eigenvalue weighted by molar-refractivity contribution is 8.00. The molecule has 1 atom stereocenters. The van der Waals surface area contributed by atoms with Crippen molar-refractivity contribution in [3.63, 3.8) is 0 Å². The molecule has 0 saturated carbocycles. The van der Waals surface area contributed by atoms with Crippen LogP contribution in [-0.4, -0.2) is 22.7 Å². The highest BCUT2D eigenvalue weighted by Gasteiger charge is 2.23. The second-order valence-electron chi connectivity index (χ2n) is 11.3. The molecule has 1 unspecified atom stereocenters. The molecule has 51 heavy (non-hydrogen) atoms. The van der Waals surface area contributed by atoms with Gasteiger partial charge in [-0.3, -0.25) is 14.4 Å². The minimum Gasteiger partial charge on any atom is -0.489 e. The fourth-order valence-corrected chi connectivity index (χ4v) is 6.02. The Hall–Kier alpha value is -6.45. The molecule has 0 bridgehead atoms. The van der Waals surface area contributed by atoms with Gasteiger partial charge in [-0.05, 0) is 83.4 Å². The molecule has 8 nitrogen and oxygen atoms in total. The van der Waals surface area contributed by atoms with Crippen LogP contribution in [0.2, 0.25) is 0 Å². The highest BCUT2D eigenvalue weighted by atomic mass is 32.2. The van der Waals surface area contributed by atoms with Crippen molar-refractivity contribution in [3.8, 4) is 5.75 Å². The number of aromatic nitrogens is 1. The van der Waals surface area contributed by atoms with Crippen LogP contribution < -0.4 is 20.7 Å². The summed E-state index contributed by atoms with van der Waals surface area (Å²) < 4.78 is 5.90. The minimum atomic E-state index is -0.550. The van der Waals surface area contributed by atoms with Crippen LogP contribution in [0.4, 0.5) is 11.5 Å². The summed E-state index contributed by atoms with van der Waals surface area (Å²) in [6.45, 7) is 0.430. The minimum absolute atomic E-state index is 0.0654. The Morgan fingerprint density at radius 2 is 1.33 bits per heavy atom. The maximum absolute atomic E-state index is 13.6. The Balaban J connectivity index is 1.16. The average molecular weight is 691 g/mol. The standard InChI is InChI=1S/C42H34N4O4S/c47-40(33-16-8-3-9-17-33)45-37(28-30-19-23-35(24-20-30)50-29-31-12-4-1-5-13-31)41(48)44-34-21-25-36(26-22-34)51-39(32-14-6-2-7-15-32)42(49)46-38-18-10-11-27-43-38/h1-28,39H,29H2,(H,44,48)(H,45,47)(H,43,46,49)/b37-28-. The first-order chi connectivity index (χ1) is 25.0. The number of ether oxygens (including phenoxy) is 1. The Labute approximate surface area is 300 Å². The second-order valence-corrected chi connectivity index (χ2v) is 12.5. The Bertz CT molecular complexity index is 2080. The van der Waals surface area contributed by atoms with E-state index in [0.717, 1.165) is 16.0 Å². The summed E-state index contributed by atoms with van der Waals surface area (Å²) in [5, 5.41) is 8.02. The predicted molar refractivity (Wildman–Crippen MR) is 202 cm³/mol. The molecule has 1 aromatic heterocycles. The van der Waals surface area contributed by atoms with Crippen molar-refractivity contribution in [2.45, 2.75) is 16.8 Å². The van der Waals surface area contributed by atoms with E-state index in [2.05, 4.69) is 20.9 Å². The van der Waals surface area contributed by atoms with Crippen LogP contribution in [0.15, 0.2) is 175 Å². The van der Waals surface area contributed by atoms with Gasteiger partial charge in [-0.1, -0.05) is 97.1 Å². The summed E-state index contributed by atoms with van der Waals surface area (Å²) in [6, 6.07) is 47.9. The number of hydrogen-bond donors (Lipinski definition) is 3. The van der Waals surface area contributed by atoms with Gasteiger partial charge in [-0.2, -0.15) is 0 Å². The molecular weight excluding hydrogens is 657 g/mol.